The van der Waals surface area contributed by atoms with Crippen LogP contribution in [0.25, 0.3) is 5.65 Å². The van der Waals surface area contributed by atoms with Gasteiger partial charge in [-0.3, -0.25) is 23.7 Å². The van der Waals surface area contributed by atoms with E-state index in [0.29, 0.717) is 17.0 Å². The SMILES string of the molecule is CC(F)(F)c1nnc2cc(CC3CC4(C3)CN(C3(N5CC[C@@H]6OCC(=O)N[C@@H]6C5)CCC3)C4)ccn12.F.[HH]. The molecule has 2 aromatic rings. The molecule has 1 N–H and O–H groups in total. The van der Waals surface area contributed by atoms with Crippen LogP contribution in [0.5, 0.6) is 0 Å². The third kappa shape index (κ3) is 4.04. The van der Waals surface area contributed by atoms with Crippen LogP contribution in [0.2, 0.25) is 0 Å². The summed E-state index contributed by atoms with van der Waals surface area (Å²) in [4.78, 5) is 17.2. The van der Waals surface area contributed by atoms with E-state index in [4.69, 9.17) is 4.74 Å². The Morgan fingerprint density at radius 1 is 1.24 bits per heavy atom. The number of halogens is 3. The van der Waals surface area contributed by atoms with Gasteiger partial charge < -0.3 is 10.1 Å². The van der Waals surface area contributed by atoms with Crippen molar-refractivity contribution >= 4 is 11.6 Å². The van der Waals surface area contributed by atoms with E-state index in [0.717, 1.165) is 51.5 Å². The number of carbonyl (C=O) groups excluding carboxylic acids is 1. The van der Waals surface area contributed by atoms with Crippen LogP contribution >= 0.6 is 0 Å². The molecule has 5 heterocycles. The van der Waals surface area contributed by atoms with Gasteiger partial charge in [0.15, 0.2) is 5.65 Å². The number of nitrogens with zero attached hydrogens (tertiary/aromatic N) is 5. The molecule has 0 radical (unpaired) electrons. The van der Waals surface area contributed by atoms with Gasteiger partial charge in [-0.2, -0.15) is 8.78 Å². The van der Waals surface area contributed by atoms with Crippen LogP contribution in [0.3, 0.4) is 0 Å². The number of morpholine rings is 1. The fourth-order valence-corrected chi connectivity index (χ4v) is 7.72. The van der Waals surface area contributed by atoms with E-state index < -0.39 is 5.92 Å². The Kier molecular flexibility index (Phi) is 5.85. The predicted molar refractivity (Wildman–Crippen MR) is 132 cm³/mol. The Labute approximate surface area is 215 Å². The molecule has 8 nitrogen and oxygen atoms in total. The number of rotatable bonds is 5. The van der Waals surface area contributed by atoms with Gasteiger partial charge in [0.2, 0.25) is 11.7 Å². The van der Waals surface area contributed by atoms with Crippen molar-refractivity contribution in [2.45, 2.75) is 75.6 Å². The molecule has 2 aliphatic carbocycles. The molecule has 2 saturated carbocycles. The van der Waals surface area contributed by atoms with Crippen LogP contribution < -0.4 is 5.32 Å². The third-order valence-corrected chi connectivity index (χ3v) is 9.54. The smallest absolute Gasteiger partial charge is 0.304 e. The van der Waals surface area contributed by atoms with Crippen molar-refractivity contribution in [2.75, 3.05) is 32.8 Å². The van der Waals surface area contributed by atoms with Gasteiger partial charge in [0.25, 0.3) is 0 Å². The average Bonchev–Trinajstić information content (AvgIpc) is 3.18. The van der Waals surface area contributed by atoms with Crippen LogP contribution in [0.1, 0.15) is 58.3 Å². The number of piperidine rings is 1. The van der Waals surface area contributed by atoms with Gasteiger partial charge in [0, 0.05) is 40.7 Å². The van der Waals surface area contributed by atoms with Gasteiger partial charge >= 0.3 is 5.92 Å². The first-order chi connectivity index (χ1) is 17.2. The van der Waals surface area contributed by atoms with Crippen LogP contribution in [0.4, 0.5) is 13.5 Å². The zero-order valence-electron chi connectivity index (χ0n) is 21.2. The summed E-state index contributed by atoms with van der Waals surface area (Å²) in [6.45, 7) is 5.30. The number of fused-ring (bicyclic) bond motifs is 2. The molecule has 11 heteroatoms. The quantitative estimate of drug-likeness (QED) is 0.651. The number of aromatic nitrogens is 3. The van der Waals surface area contributed by atoms with Crippen molar-refractivity contribution in [1.82, 2.24) is 29.7 Å². The highest BCUT2D eigenvalue weighted by atomic mass is 19.3. The van der Waals surface area contributed by atoms with Crippen molar-refractivity contribution in [3.05, 3.63) is 29.7 Å². The minimum atomic E-state index is -3.01. The highest BCUT2D eigenvalue weighted by Gasteiger charge is 2.60. The van der Waals surface area contributed by atoms with Crippen molar-refractivity contribution in [3.63, 3.8) is 0 Å². The molecule has 2 atom stereocenters. The molecule has 204 valence electrons. The van der Waals surface area contributed by atoms with Crippen molar-refractivity contribution in [2.24, 2.45) is 11.3 Å². The minimum Gasteiger partial charge on any atom is -0.366 e. The monoisotopic (exact) mass is 522 g/mol. The Bertz CT molecular complexity index is 1190. The predicted octanol–water partition coefficient (Wildman–Crippen LogP) is 2.96. The third-order valence-electron chi connectivity index (χ3n) is 9.54. The van der Waals surface area contributed by atoms with E-state index in [-0.39, 0.29) is 42.3 Å². The largest absolute Gasteiger partial charge is 0.366 e. The Hall–Kier alpha value is -2.24. The molecular weight excluding hydrogens is 485 g/mol. The maximum atomic E-state index is 13.7. The van der Waals surface area contributed by atoms with Crippen LogP contribution in [-0.4, -0.2) is 80.9 Å². The molecule has 0 bridgehead atoms. The molecule has 37 heavy (non-hydrogen) atoms. The van der Waals surface area contributed by atoms with Crippen molar-refractivity contribution < 1.29 is 24.4 Å². The van der Waals surface area contributed by atoms with Crippen LogP contribution in [-0.2, 0) is 21.9 Å². The second-order valence-electron chi connectivity index (χ2n) is 12.1. The number of pyridine rings is 1. The van der Waals surface area contributed by atoms with E-state index in [1.165, 1.54) is 36.5 Å². The molecule has 1 spiro atoms. The summed E-state index contributed by atoms with van der Waals surface area (Å²) in [6, 6.07) is 3.95. The summed E-state index contributed by atoms with van der Waals surface area (Å²) >= 11 is 0. The maximum Gasteiger partial charge on any atom is 0.304 e. The summed E-state index contributed by atoms with van der Waals surface area (Å²) in [5.41, 5.74) is 2.24. The molecule has 0 aromatic carbocycles. The van der Waals surface area contributed by atoms with E-state index in [2.05, 4.69) is 25.3 Å². The minimum absolute atomic E-state index is 0. The molecule has 2 aromatic heterocycles. The number of hydrogen-bond acceptors (Lipinski definition) is 6. The van der Waals surface area contributed by atoms with Crippen molar-refractivity contribution in [1.29, 1.82) is 0 Å². The number of hydrogen-bond donors (Lipinski definition) is 1. The lowest BCUT2D eigenvalue weighted by Gasteiger charge is -2.69. The Morgan fingerprint density at radius 2 is 2.03 bits per heavy atom. The molecule has 7 rings (SSSR count). The van der Waals surface area contributed by atoms with E-state index in [1.54, 1.807) is 6.20 Å². The lowest BCUT2D eigenvalue weighted by molar-refractivity contribution is -0.225. The molecule has 5 fully saturated rings. The summed E-state index contributed by atoms with van der Waals surface area (Å²) < 4.78 is 34.6. The first-order valence-corrected chi connectivity index (χ1v) is 13.4. The lowest BCUT2D eigenvalue weighted by atomic mass is 9.55. The molecule has 1 amide bonds. The number of amides is 1. The second-order valence-corrected chi connectivity index (χ2v) is 12.1. The standard InChI is InChI=1S/C26H34F2N6O2.FH.H2/c1-24(27,28)23-31-30-21-10-17(3-8-34(21)23)9-18-11-25(12-18)15-33(16-25)26(5-2-6-26)32-7-4-20-19(13-32)29-22(35)14-36-20;;/h3,8,10,18-20H,2,4-7,9,11-16H2,1H3,(H,29,35);2*1H/t19-,20+;;/m1../s1. The average molecular weight is 523 g/mol. The zero-order chi connectivity index (χ0) is 24.7. The number of carbonyl (C=O) groups is 1. The summed E-state index contributed by atoms with van der Waals surface area (Å²) in [6.07, 6.45) is 9.95. The summed E-state index contributed by atoms with van der Waals surface area (Å²) in [5.74, 6) is -2.68. The van der Waals surface area contributed by atoms with Crippen molar-refractivity contribution in [3.8, 4) is 0 Å². The van der Waals surface area contributed by atoms with Gasteiger partial charge in [-0.15, -0.1) is 10.2 Å². The normalized spacial score (nSPS) is 29.5. The fraction of sp³-hybridized carbons (Fsp3) is 0.731. The van der Waals surface area contributed by atoms with Gasteiger partial charge in [-0.25, -0.2) is 0 Å². The fourth-order valence-electron chi connectivity index (χ4n) is 7.72. The molecule has 5 aliphatic rings. The molecule has 3 aliphatic heterocycles. The van der Waals surface area contributed by atoms with Gasteiger partial charge in [0.1, 0.15) is 6.61 Å². The van der Waals surface area contributed by atoms with Crippen LogP contribution in [0.15, 0.2) is 18.3 Å². The first kappa shape index (κ1) is 25.1. The molecular formula is C26H37F3N6O2. The first-order valence-electron chi connectivity index (χ1n) is 13.4. The maximum absolute atomic E-state index is 13.7. The number of alkyl halides is 2. The summed E-state index contributed by atoms with van der Waals surface area (Å²) in [5, 5.41) is 10.8. The molecule has 0 unspecified atom stereocenters. The number of nitrogens with one attached hydrogen (secondary N) is 1. The number of likely N-dealkylation sites (tertiary alicyclic amines) is 2. The number of ether oxygens (including phenoxy) is 1. The van der Waals surface area contributed by atoms with Gasteiger partial charge in [-0.1, -0.05) is 0 Å². The van der Waals surface area contributed by atoms with E-state index in [1.807, 2.05) is 12.1 Å². The van der Waals surface area contributed by atoms with E-state index in [9.17, 15) is 13.6 Å². The van der Waals surface area contributed by atoms with Gasteiger partial charge in [0.05, 0.1) is 17.8 Å². The topological polar surface area (TPSA) is 75.0 Å². The van der Waals surface area contributed by atoms with E-state index >= 15 is 0 Å². The summed E-state index contributed by atoms with van der Waals surface area (Å²) in [7, 11) is 0. The lowest BCUT2D eigenvalue weighted by Crippen LogP contribution is -2.77. The highest BCUT2D eigenvalue weighted by Crippen LogP contribution is 2.57. The highest BCUT2D eigenvalue weighted by molar-refractivity contribution is 5.78. The van der Waals surface area contributed by atoms with Crippen LogP contribution in [0, 0.1) is 11.3 Å². The van der Waals surface area contributed by atoms with Gasteiger partial charge in [-0.05, 0) is 74.0 Å². The Balaban J connectivity index is 0.00000147. The second kappa shape index (κ2) is 8.64. The Morgan fingerprint density at radius 3 is 2.73 bits per heavy atom. The molecule has 3 saturated heterocycles. The zero-order valence-corrected chi connectivity index (χ0v) is 21.2.